The fourth-order valence-corrected chi connectivity index (χ4v) is 4.26. The first-order valence-corrected chi connectivity index (χ1v) is 19.7. The van der Waals surface area contributed by atoms with Gasteiger partial charge in [0.1, 0.15) is 0 Å². The van der Waals surface area contributed by atoms with Crippen molar-refractivity contribution in [2.45, 2.75) is 38.5 Å². The first-order chi connectivity index (χ1) is 33.0. The van der Waals surface area contributed by atoms with Crippen LogP contribution in [0.4, 0.5) is 0 Å². The Morgan fingerprint density at radius 1 is 0.183 bits per heavy atom. The molecule has 0 aromatic heterocycles. The van der Waals surface area contributed by atoms with Crippen LogP contribution in [0.1, 0.15) is 38.5 Å². The Morgan fingerprint density at radius 2 is 0.282 bits per heavy atom. The van der Waals surface area contributed by atoms with E-state index in [0.717, 1.165) is 196 Å². The zero-order chi connectivity index (χ0) is 53.7. The fourth-order valence-electron chi connectivity index (χ4n) is 4.26. The summed E-state index contributed by atoms with van der Waals surface area (Å²) in [5, 5.41) is 122. The second kappa shape index (κ2) is 193. The summed E-state index contributed by atoms with van der Waals surface area (Å²) in [6.45, 7) is 81.3. The minimum atomic E-state index is 0. The van der Waals surface area contributed by atoms with Crippen molar-refractivity contribution in [1.29, 1.82) is 63.1 Å². The fraction of sp³-hybridized carbons (Fsp3) is 0.714. The van der Waals surface area contributed by atoms with Gasteiger partial charge in [0, 0.05) is 51.2 Å². The molecule has 29 heteroatoms. The second-order valence-corrected chi connectivity index (χ2v) is 10.6. The molecule has 71 heavy (non-hydrogen) atoms. The van der Waals surface area contributed by atoms with Crippen molar-refractivity contribution >= 4 is 0 Å². The van der Waals surface area contributed by atoms with Gasteiger partial charge in [-0.15, -0.1) is 78.5 Å². The van der Waals surface area contributed by atoms with E-state index in [2.05, 4.69) is 63.8 Å². The van der Waals surface area contributed by atoms with Crippen molar-refractivity contribution < 1.29 is 85.9 Å². The third kappa shape index (κ3) is 187. The van der Waals surface area contributed by atoms with Crippen molar-refractivity contribution in [2.24, 2.45) is 0 Å². The molecule has 24 nitrogen and oxygen atoms in total. The molecule has 3 saturated heterocycles. The van der Waals surface area contributed by atoms with Crippen molar-refractivity contribution in [2.75, 3.05) is 157 Å². The summed E-state index contributed by atoms with van der Waals surface area (Å²) in [6.07, 6.45) is 6.92. The summed E-state index contributed by atoms with van der Waals surface area (Å²) in [5.41, 5.74) is 0. The number of nitrogens with zero attached hydrogens (tertiary/aromatic N) is 18. The number of hydrogen-bond donors (Lipinski definition) is 6. The second-order valence-electron chi connectivity index (χ2n) is 10.6. The summed E-state index contributed by atoms with van der Waals surface area (Å²) >= 11 is 0. The molecule has 0 spiro atoms. The average Bonchev–Trinajstić information content (AvgIpc) is 3.43. The van der Waals surface area contributed by atoms with Gasteiger partial charge in [-0.3, -0.25) is 0 Å². The average molecular weight is 1200 g/mol. The Bertz CT molecular complexity index is 661. The summed E-state index contributed by atoms with van der Waals surface area (Å²) < 4.78 is 0. The van der Waals surface area contributed by atoms with Crippen LogP contribution in [0.3, 0.4) is 0 Å². The van der Waals surface area contributed by atoms with E-state index in [-0.39, 0.29) is 85.9 Å². The van der Waals surface area contributed by atoms with Crippen LogP contribution in [0.15, 0.2) is 0 Å². The van der Waals surface area contributed by atoms with Crippen LogP contribution < -0.4 is 31.9 Å². The standard InChI is InChI=1S/3C10H22N4.12CN.2Cr.3Cu/c3*1-3-11-7-9-13-5-2-6-14-10-8-12-4-1;12*1-2;;;;;/h3*11,14H,1-10H2;;;;;;;;;;;;;;;;;/q3*-2;12*-1;2*+6;;;. The van der Waals surface area contributed by atoms with E-state index in [4.69, 9.17) is 142 Å². The molecule has 0 saturated carbocycles. The van der Waals surface area contributed by atoms with Gasteiger partial charge in [0.25, 0.3) is 0 Å². The summed E-state index contributed by atoms with van der Waals surface area (Å²) in [4.78, 5) is 0. The summed E-state index contributed by atoms with van der Waals surface area (Å²) in [6, 6.07) is 0. The van der Waals surface area contributed by atoms with Crippen molar-refractivity contribution in [3.63, 3.8) is 0 Å². The topological polar surface area (TPSA) is 442 Å². The molecule has 3 aliphatic heterocycles. The Morgan fingerprint density at radius 3 is 0.380 bits per heavy atom. The first kappa shape index (κ1) is 117. The van der Waals surface area contributed by atoms with Crippen molar-refractivity contribution in [3.8, 4) is 0 Å². The Kier molecular flexibility index (Phi) is 318. The molecular formula is C42H66Cr2Cu3N24-6. The number of hydrogen-bond acceptors (Lipinski definition) is 18. The molecule has 0 bridgehead atoms. The Balaban J connectivity index is -0.0000000328. The van der Waals surface area contributed by atoms with Gasteiger partial charge >= 0.3 is 34.7 Å². The van der Waals surface area contributed by atoms with Crippen LogP contribution in [0.2, 0.25) is 0 Å². The van der Waals surface area contributed by atoms with E-state index in [1.54, 1.807) is 0 Å². The van der Waals surface area contributed by atoms with E-state index in [1.807, 2.05) is 0 Å². The maximum Gasteiger partial charge on any atom is 6.00 e. The third-order valence-corrected chi connectivity index (χ3v) is 6.70. The normalized spacial score (nSPS) is 14.5. The Hall–Kier alpha value is -3.98. The quantitative estimate of drug-likeness (QED) is 0.150. The Labute approximate surface area is 484 Å². The maximum absolute atomic E-state index is 6.25. The molecule has 3 heterocycles. The predicted octanol–water partition coefficient (Wildman–Crippen LogP) is 3.26. The van der Waals surface area contributed by atoms with Crippen LogP contribution in [0.5, 0.6) is 0 Å². The van der Waals surface area contributed by atoms with E-state index >= 15 is 0 Å². The molecule has 0 aromatic rings. The molecule has 0 aromatic carbocycles. The van der Waals surface area contributed by atoms with Gasteiger partial charge in [-0.25, -0.2) is 0 Å². The van der Waals surface area contributed by atoms with Gasteiger partial charge in [-0.05, 0) is 78.5 Å². The number of nitrogens with one attached hydrogen (secondary N) is 6. The summed E-state index contributed by atoms with van der Waals surface area (Å²) in [7, 11) is 0. The van der Waals surface area contributed by atoms with Crippen LogP contribution in [0.25, 0.3) is 31.9 Å². The molecule has 405 valence electrons. The van der Waals surface area contributed by atoms with Crippen molar-refractivity contribution in [1.82, 2.24) is 31.9 Å². The van der Waals surface area contributed by atoms with Gasteiger partial charge < -0.3 is 206 Å². The van der Waals surface area contributed by atoms with Crippen LogP contribution >= 0.6 is 0 Å². The monoisotopic (exact) mass is 1200 g/mol. The minimum Gasteiger partial charge on any atom is -0.661 e. The van der Waals surface area contributed by atoms with Gasteiger partial charge in [-0.1, -0.05) is 38.5 Å². The molecule has 0 unspecified atom stereocenters. The largest absolute Gasteiger partial charge is 6.00 e. The molecule has 0 atom stereocenters. The zero-order valence-corrected chi connectivity index (χ0v) is 45.4. The van der Waals surface area contributed by atoms with E-state index < -0.39 is 0 Å². The molecule has 6 N–H and O–H groups in total. The van der Waals surface area contributed by atoms with Crippen LogP contribution in [-0.2, 0) is 85.9 Å². The van der Waals surface area contributed by atoms with Gasteiger partial charge in [-0.2, -0.15) is 0 Å². The number of rotatable bonds is 0. The zero-order valence-electron chi connectivity index (χ0n) is 40.0. The molecule has 3 rings (SSSR count). The van der Waals surface area contributed by atoms with E-state index in [1.165, 1.54) is 0 Å². The molecule has 0 amide bonds. The van der Waals surface area contributed by atoms with Crippen molar-refractivity contribution in [3.05, 3.63) is 111 Å². The predicted molar refractivity (Wildman–Crippen MR) is 243 cm³/mol. The molecule has 0 aliphatic carbocycles. The van der Waals surface area contributed by atoms with E-state index in [9.17, 15) is 0 Å². The van der Waals surface area contributed by atoms with Gasteiger partial charge in [0.2, 0.25) is 0 Å². The van der Waals surface area contributed by atoms with E-state index in [0.29, 0.717) is 0 Å². The molecule has 3 radical (unpaired) electrons. The SMILES string of the molecule is C1C[N-]CCNCCC[N-]CCNC1.C1C[N-]CCNCCC[N-]CCNC1.C1C[N-]CCNCCC[N-]CCNC1.[C-]#N.[C-]#N.[C-]#N.[C-]#N.[C-]#N.[C-]#N.[C-]#N.[C-]#N.[C-]#N.[C-]#N.[C-]#N.[C-]#N.[Cr+6].[Cr+6].[Cu].[Cu].[Cu]. The summed E-state index contributed by atoms with van der Waals surface area (Å²) in [5.74, 6) is 0. The molecular weight excluding hydrogens is 1140 g/mol. The van der Waals surface area contributed by atoms with Gasteiger partial charge in [0.05, 0.1) is 0 Å². The maximum atomic E-state index is 6.25. The minimum absolute atomic E-state index is 0. The van der Waals surface area contributed by atoms with Crippen LogP contribution in [0, 0.1) is 142 Å². The molecule has 3 aliphatic rings. The van der Waals surface area contributed by atoms with Gasteiger partial charge in [0.15, 0.2) is 0 Å². The van der Waals surface area contributed by atoms with Crippen LogP contribution in [-0.4, -0.2) is 157 Å². The smallest absolute Gasteiger partial charge is 0.661 e. The first-order valence-electron chi connectivity index (χ1n) is 19.7. The molecule has 3 fully saturated rings. The third-order valence-electron chi connectivity index (χ3n) is 6.70.